The van der Waals surface area contributed by atoms with E-state index in [0.717, 1.165) is 5.69 Å². The van der Waals surface area contributed by atoms with Crippen LogP contribution in [0.3, 0.4) is 0 Å². The van der Waals surface area contributed by atoms with Gasteiger partial charge in [0, 0.05) is 23.7 Å². The molecule has 0 saturated carbocycles. The van der Waals surface area contributed by atoms with Gasteiger partial charge in [-0.05, 0) is 50.2 Å². The van der Waals surface area contributed by atoms with Crippen LogP contribution in [0.25, 0.3) is 0 Å². The quantitative estimate of drug-likeness (QED) is 0.725. The van der Waals surface area contributed by atoms with Gasteiger partial charge in [0.2, 0.25) is 0 Å². The molecule has 24 heavy (non-hydrogen) atoms. The first-order chi connectivity index (χ1) is 11.4. The van der Waals surface area contributed by atoms with Crippen LogP contribution in [-0.4, -0.2) is 29.7 Å². The number of amides is 1. The first-order valence-electron chi connectivity index (χ1n) is 7.56. The fourth-order valence-electron chi connectivity index (χ4n) is 2.08. The van der Waals surface area contributed by atoms with Crippen molar-refractivity contribution in [3.8, 4) is 0 Å². The molecular weight excluding hydrogens is 330 g/mol. The Morgan fingerprint density at radius 2 is 1.71 bits per heavy atom. The molecule has 3 nitrogen and oxygen atoms in total. The second-order valence-corrected chi connectivity index (χ2v) is 6.65. The number of para-hydroxylation sites is 1. The normalized spacial score (nSPS) is 11.0. The summed E-state index contributed by atoms with van der Waals surface area (Å²) in [6.07, 6.45) is 0. The molecule has 0 aliphatic carbocycles. The van der Waals surface area contributed by atoms with Crippen LogP contribution in [0.5, 0.6) is 0 Å². The maximum atomic E-state index is 12.6. The lowest BCUT2D eigenvalue weighted by atomic mass is 10.1. The molecule has 128 valence electrons. The molecule has 0 bridgehead atoms. The first kappa shape index (κ1) is 18.3. The van der Waals surface area contributed by atoms with Crippen LogP contribution < -0.4 is 5.32 Å². The van der Waals surface area contributed by atoms with Gasteiger partial charge in [0.05, 0.1) is 11.3 Å². The van der Waals surface area contributed by atoms with Crippen molar-refractivity contribution >= 4 is 29.0 Å². The van der Waals surface area contributed by atoms with Crippen molar-refractivity contribution in [2.24, 2.45) is 0 Å². The van der Waals surface area contributed by atoms with Crippen molar-refractivity contribution < 1.29 is 13.6 Å². The van der Waals surface area contributed by atoms with E-state index < -0.39 is 5.76 Å². The number of carbonyl (C=O) groups is 1. The molecule has 2 aromatic rings. The van der Waals surface area contributed by atoms with Crippen LogP contribution >= 0.6 is 11.8 Å². The summed E-state index contributed by atoms with van der Waals surface area (Å²) in [7, 11) is 1.76. The fraction of sp³-hybridized carbons (Fsp3) is 0.278. The molecule has 0 fully saturated rings. The summed E-state index contributed by atoms with van der Waals surface area (Å²) in [5.41, 5.74) is 1.99. The summed E-state index contributed by atoms with van der Waals surface area (Å²) in [5, 5.41) is 3.18. The largest absolute Gasteiger partial charge is 0.355 e. The van der Waals surface area contributed by atoms with Gasteiger partial charge in [0.15, 0.2) is 0 Å². The zero-order chi connectivity index (χ0) is 17.7. The van der Waals surface area contributed by atoms with E-state index in [1.165, 1.54) is 0 Å². The Morgan fingerprint density at radius 1 is 1.08 bits per heavy atom. The van der Waals surface area contributed by atoms with Gasteiger partial charge in [0.1, 0.15) is 0 Å². The summed E-state index contributed by atoms with van der Waals surface area (Å²) >= 11 is 0.507. The SMILES string of the molecule is CC(C)N(C)C(=O)c1ccccc1Nc1ccc(SC(F)F)cc1. The number of hydrogen-bond acceptors (Lipinski definition) is 3. The first-order valence-corrected chi connectivity index (χ1v) is 8.44. The van der Waals surface area contributed by atoms with Crippen LogP contribution in [0, 0.1) is 0 Å². The zero-order valence-corrected chi connectivity index (χ0v) is 14.6. The van der Waals surface area contributed by atoms with E-state index in [4.69, 9.17) is 0 Å². The summed E-state index contributed by atoms with van der Waals surface area (Å²) in [5.74, 6) is -2.51. The number of nitrogens with zero attached hydrogens (tertiary/aromatic N) is 1. The lowest BCUT2D eigenvalue weighted by molar-refractivity contribution is 0.0756. The van der Waals surface area contributed by atoms with E-state index in [9.17, 15) is 13.6 Å². The molecule has 1 N–H and O–H groups in total. The second kappa shape index (κ2) is 8.15. The number of anilines is 2. The van der Waals surface area contributed by atoms with E-state index in [0.29, 0.717) is 27.9 Å². The molecule has 0 spiro atoms. The molecular formula is C18H20F2N2OS. The Hall–Kier alpha value is -2.08. The predicted octanol–water partition coefficient (Wildman–Crippen LogP) is 5.23. The molecule has 6 heteroatoms. The van der Waals surface area contributed by atoms with Crippen LogP contribution in [0.4, 0.5) is 20.2 Å². The maximum Gasteiger partial charge on any atom is 0.288 e. The minimum atomic E-state index is -2.44. The maximum absolute atomic E-state index is 12.6. The molecule has 0 aliphatic heterocycles. The van der Waals surface area contributed by atoms with Crippen molar-refractivity contribution in [1.82, 2.24) is 4.90 Å². The molecule has 0 saturated heterocycles. The van der Waals surface area contributed by atoms with Crippen molar-refractivity contribution in [3.63, 3.8) is 0 Å². The molecule has 0 unspecified atom stereocenters. The van der Waals surface area contributed by atoms with E-state index in [1.807, 2.05) is 32.0 Å². The molecule has 0 atom stereocenters. The van der Waals surface area contributed by atoms with Gasteiger partial charge in [-0.2, -0.15) is 8.78 Å². The third-order valence-electron chi connectivity index (χ3n) is 3.61. The molecule has 0 heterocycles. The molecule has 2 aromatic carbocycles. The topological polar surface area (TPSA) is 32.3 Å². The Balaban J connectivity index is 2.20. The van der Waals surface area contributed by atoms with E-state index >= 15 is 0 Å². The highest BCUT2D eigenvalue weighted by molar-refractivity contribution is 7.99. The minimum absolute atomic E-state index is 0.0713. The lowest BCUT2D eigenvalue weighted by Gasteiger charge is -2.23. The highest BCUT2D eigenvalue weighted by Crippen LogP contribution is 2.28. The van der Waals surface area contributed by atoms with E-state index in [2.05, 4.69) is 5.32 Å². The van der Waals surface area contributed by atoms with Gasteiger partial charge in [-0.3, -0.25) is 4.79 Å². The van der Waals surface area contributed by atoms with E-state index in [1.54, 1.807) is 42.3 Å². The third-order valence-corrected chi connectivity index (χ3v) is 4.33. The van der Waals surface area contributed by atoms with Crippen LogP contribution in [0.2, 0.25) is 0 Å². The van der Waals surface area contributed by atoms with Crippen molar-refractivity contribution in [2.45, 2.75) is 30.5 Å². The molecule has 1 amide bonds. The smallest absolute Gasteiger partial charge is 0.288 e. The Kier molecular flexibility index (Phi) is 6.20. The van der Waals surface area contributed by atoms with Gasteiger partial charge >= 0.3 is 0 Å². The van der Waals surface area contributed by atoms with Crippen LogP contribution in [-0.2, 0) is 0 Å². The summed E-state index contributed by atoms with van der Waals surface area (Å²) in [6, 6.07) is 14.0. The zero-order valence-electron chi connectivity index (χ0n) is 13.8. The molecule has 2 rings (SSSR count). The summed E-state index contributed by atoms with van der Waals surface area (Å²) < 4.78 is 24.7. The van der Waals surface area contributed by atoms with Gasteiger partial charge in [-0.15, -0.1) is 0 Å². The standard InChI is InChI=1S/C18H20F2N2OS/c1-12(2)22(3)17(23)15-6-4-5-7-16(15)21-13-8-10-14(11-9-13)24-18(19)20/h4-12,18,21H,1-3H3. The molecule has 0 aromatic heterocycles. The van der Waals surface area contributed by atoms with Gasteiger partial charge in [-0.25, -0.2) is 0 Å². The Bertz CT molecular complexity index is 690. The fourth-order valence-corrected chi connectivity index (χ4v) is 2.58. The number of nitrogens with one attached hydrogen (secondary N) is 1. The Morgan fingerprint density at radius 3 is 2.29 bits per heavy atom. The van der Waals surface area contributed by atoms with Crippen molar-refractivity contribution in [3.05, 3.63) is 54.1 Å². The van der Waals surface area contributed by atoms with Gasteiger partial charge < -0.3 is 10.2 Å². The Labute approximate surface area is 145 Å². The number of carbonyl (C=O) groups excluding carboxylic acids is 1. The number of alkyl halides is 2. The average molecular weight is 350 g/mol. The average Bonchev–Trinajstić information content (AvgIpc) is 2.55. The van der Waals surface area contributed by atoms with Gasteiger partial charge in [-0.1, -0.05) is 23.9 Å². The summed E-state index contributed by atoms with van der Waals surface area (Å²) in [4.78, 5) is 14.7. The minimum Gasteiger partial charge on any atom is -0.355 e. The molecule has 0 aliphatic rings. The number of rotatable bonds is 6. The number of hydrogen-bond donors (Lipinski definition) is 1. The highest BCUT2D eigenvalue weighted by atomic mass is 32.2. The monoisotopic (exact) mass is 350 g/mol. The van der Waals surface area contributed by atoms with Crippen LogP contribution in [0.15, 0.2) is 53.4 Å². The van der Waals surface area contributed by atoms with Crippen molar-refractivity contribution in [2.75, 3.05) is 12.4 Å². The lowest BCUT2D eigenvalue weighted by Crippen LogP contribution is -2.33. The number of halogens is 2. The number of thioether (sulfide) groups is 1. The van der Waals surface area contributed by atoms with Gasteiger partial charge in [0.25, 0.3) is 11.7 Å². The van der Waals surface area contributed by atoms with E-state index in [-0.39, 0.29) is 11.9 Å². The molecule has 0 radical (unpaired) electrons. The van der Waals surface area contributed by atoms with Crippen LogP contribution in [0.1, 0.15) is 24.2 Å². The highest BCUT2D eigenvalue weighted by Gasteiger charge is 2.17. The second-order valence-electron chi connectivity index (χ2n) is 5.58. The predicted molar refractivity (Wildman–Crippen MR) is 95.3 cm³/mol. The number of benzene rings is 2. The summed E-state index contributed by atoms with van der Waals surface area (Å²) in [6.45, 7) is 3.90. The third kappa shape index (κ3) is 4.71. The van der Waals surface area contributed by atoms with Crippen molar-refractivity contribution in [1.29, 1.82) is 0 Å².